The normalized spacial score (nSPS) is 16.1. The van der Waals surface area contributed by atoms with Crippen molar-refractivity contribution < 1.29 is 18.3 Å². The fourth-order valence-corrected chi connectivity index (χ4v) is 4.24. The number of rotatable bonds is 7. The SMILES string of the molecule is COc1ccccc1S(=O)(=O)N(CCCO)C1CCC1. The molecule has 5 nitrogen and oxygen atoms in total. The Morgan fingerprint density at radius 3 is 2.60 bits per heavy atom. The molecular weight excluding hydrogens is 278 g/mol. The van der Waals surface area contributed by atoms with E-state index in [0.29, 0.717) is 18.7 Å². The zero-order valence-electron chi connectivity index (χ0n) is 11.7. The van der Waals surface area contributed by atoms with E-state index in [1.165, 1.54) is 11.4 Å². The molecule has 0 saturated heterocycles. The van der Waals surface area contributed by atoms with Gasteiger partial charge in [-0.1, -0.05) is 18.6 Å². The van der Waals surface area contributed by atoms with Gasteiger partial charge in [0.25, 0.3) is 0 Å². The number of ether oxygens (including phenoxy) is 1. The van der Waals surface area contributed by atoms with Crippen LogP contribution in [0.15, 0.2) is 29.2 Å². The van der Waals surface area contributed by atoms with Crippen molar-refractivity contribution in [2.45, 2.75) is 36.6 Å². The molecule has 6 heteroatoms. The molecule has 0 unspecified atom stereocenters. The van der Waals surface area contributed by atoms with E-state index >= 15 is 0 Å². The number of para-hydroxylation sites is 1. The van der Waals surface area contributed by atoms with Gasteiger partial charge in [-0.2, -0.15) is 4.31 Å². The van der Waals surface area contributed by atoms with E-state index in [9.17, 15) is 8.42 Å². The molecule has 1 aromatic rings. The van der Waals surface area contributed by atoms with Crippen molar-refractivity contribution in [3.05, 3.63) is 24.3 Å². The first-order valence-corrected chi connectivity index (χ1v) is 8.31. The Kier molecular flexibility index (Phi) is 5.01. The third kappa shape index (κ3) is 2.97. The van der Waals surface area contributed by atoms with Gasteiger partial charge in [0, 0.05) is 19.2 Å². The highest BCUT2D eigenvalue weighted by Gasteiger charge is 2.35. The molecule has 20 heavy (non-hydrogen) atoms. The highest BCUT2D eigenvalue weighted by Crippen LogP contribution is 2.33. The number of sulfonamides is 1. The molecule has 0 heterocycles. The van der Waals surface area contributed by atoms with Crippen LogP contribution < -0.4 is 4.74 Å². The van der Waals surface area contributed by atoms with Crippen LogP contribution in [0.2, 0.25) is 0 Å². The monoisotopic (exact) mass is 299 g/mol. The molecule has 1 fully saturated rings. The largest absolute Gasteiger partial charge is 0.495 e. The number of hydrogen-bond acceptors (Lipinski definition) is 4. The summed E-state index contributed by atoms with van der Waals surface area (Å²) in [4.78, 5) is 0.201. The van der Waals surface area contributed by atoms with Crippen molar-refractivity contribution in [3.63, 3.8) is 0 Å². The Morgan fingerprint density at radius 1 is 1.35 bits per heavy atom. The minimum Gasteiger partial charge on any atom is -0.495 e. The quantitative estimate of drug-likeness (QED) is 0.831. The van der Waals surface area contributed by atoms with Crippen LogP contribution in [0.5, 0.6) is 5.75 Å². The molecule has 112 valence electrons. The van der Waals surface area contributed by atoms with Crippen LogP contribution >= 0.6 is 0 Å². The van der Waals surface area contributed by atoms with Gasteiger partial charge in [-0.05, 0) is 31.4 Å². The topological polar surface area (TPSA) is 66.8 Å². The zero-order chi connectivity index (χ0) is 14.6. The number of aliphatic hydroxyl groups is 1. The minimum absolute atomic E-state index is 0.00926. The molecule has 1 aliphatic carbocycles. The third-order valence-electron chi connectivity index (χ3n) is 3.67. The van der Waals surface area contributed by atoms with Crippen LogP contribution in [-0.4, -0.2) is 44.1 Å². The maximum absolute atomic E-state index is 12.8. The fraction of sp³-hybridized carbons (Fsp3) is 0.571. The summed E-state index contributed by atoms with van der Waals surface area (Å²) < 4.78 is 32.3. The third-order valence-corrected chi connectivity index (χ3v) is 5.67. The van der Waals surface area contributed by atoms with Crippen molar-refractivity contribution in [2.24, 2.45) is 0 Å². The summed E-state index contributed by atoms with van der Waals surface area (Å²) in [5.74, 6) is 0.362. The van der Waals surface area contributed by atoms with E-state index < -0.39 is 10.0 Å². The molecule has 0 atom stereocenters. The predicted molar refractivity (Wildman–Crippen MR) is 76.2 cm³/mol. The molecule has 1 aromatic carbocycles. The van der Waals surface area contributed by atoms with Gasteiger partial charge in [0.15, 0.2) is 0 Å². The number of nitrogens with zero attached hydrogens (tertiary/aromatic N) is 1. The van der Waals surface area contributed by atoms with Gasteiger partial charge in [0.05, 0.1) is 7.11 Å². The molecule has 0 aliphatic heterocycles. The predicted octanol–water partition coefficient (Wildman–Crippen LogP) is 1.62. The van der Waals surface area contributed by atoms with Gasteiger partial charge in [0.2, 0.25) is 10.0 Å². The number of benzene rings is 1. The van der Waals surface area contributed by atoms with Gasteiger partial charge in [-0.15, -0.1) is 0 Å². The fourth-order valence-electron chi connectivity index (χ4n) is 2.36. The average Bonchev–Trinajstić information content (AvgIpc) is 2.41. The average molecular weight is 299 g/mol. The Hall–Kier alpha value is -1.11. The molecular formula is C14H21NO4S. The van der Waals surface area contributed by atoms with Gasteiger partial charge < -0.3 is 9.84 Å². The van der Waals surface area contributed by atoms with Crippen molar-refractivity contribution >= 4 is 10.0 Å². The lowest BCUT2D eigenvalue weighted by Gasteiger charge is -2.36. The van der Waals surface area contributed by atoms with E-state index in [-0.39, 0.29) is 17.5 Å². The van der Waals surface area contributed by atoms with Crippen molar-refractivity contribution in [1.82, 2.24) is 4.31 Å². The van der Waals surface area contributed by atoms with E-state index in [2.05, 4.69) is 0 Å². The Bertz CT molecular complexity index is 540. The molecule has 2 rings (SSSR count). The summed E-state index contributed by atoms with van der Waals surface area (Å²) >= 11 is 0. The van der Waals surface area contributed by atoms with Crippen molar-refractivity contribution in [1.29, 1.82) is 0 Å². The first kappa shape index (κ1) is 15.3. The van der Waals surface area contributed by atoms with E-state index in [1.807, 2.05) is 0 Å². The molecule has 0 amide bonds. The molecule has 0 spiro atoms. The second-order valence-electron chi connectivity index (χ2n) is 4.93. The van der Waals surface area contributed by atoms with Gasteiger partial charge in [0.1, 0.15) is 10.6 Å². The molecule has 1 saturated carbocycles. The van der Waals surface area contributed by atoms with E-state index in [1.54, 1.807) is 24.3 Å². The lowest BCUT2D eigenvalue weighted by Crippen LogP contribution is -2.44. The van der Waals surface area contributed by atoms with Crippen LogP contribution in [0, 0.1) is 0 Å². The van der Waals surface area contributed by atoms with Crippen molar-refractivity contribution in [2.75, 3.05) is 20.3 Å². The summed E-state index contributed by atoms with van der Waals surface area (Å²) in [5.41, 5.74) is 0. The van der Waals surface area contributed by atoms with E-state index in [4.69, 9.17) is 9.84 Å². The standard InChI is InChI=1S/C14H21NO4S/c1-19-13-8-2-3-9-14(13)20(17,18)15(10-5-11-16)12-6-4-7-12/h2-3,8-9,12,16H,4-7,10-11H2,1H3. The van der Waals surface area contributed by atoms with Crippen LogP contribution in [0.3, 0.4) is 0 Å². The van der Waals surface area contributed by atoms with Crippen LogP contribution in [0.25, 0.3) is 0 Å². The molecule has 0 aromatic heterocycles. The molecule has 1 N–H and O–H groups in total. The first-order chi connectivity index (χ1) is 9.61. The van der Waals surface area contributed by atoms with E-state index in [0.717, 1.165) is 19.3 Å². The van der Waals surface area contributed by atoms with Gasteiger partial charge in [-0.3, -0.25) is 0 Å². The van der Waals surface area contributed by atoms with Gasteiger partial charge >= 0.3 is 0 Å². The second-order valence-corrected chi connectivity index (χ2v) is 6.79. The number of aliphatic hydroxyl groups excluding tert-OH is 1. The molecule has 0 bridgehead atoms. The first-order valence-electron chi connectivity index (χ1n) is 6.87. The van der Waals surface area contributed by atoms with Crippen LogP contribution in [-0.2, 0) is 10.0 Å². The molecule has 1 aliphatic rings. The number of hydrogen-bond donors (Lipinski definition) is 1. The summed E-state index contributed by atoms with van der Waals surface area (Å²) in [6, 6.07) is 6.72. The van der Waals surface area contributed by atoms with Gasteiger partial charge in [-0.25, -0.2) is 8.42 Å². The Morgan fingerprint density at radius 2 is 2.05 bits per heavy atom. The second kappa shape index (κ2) is 6.56. The summed E-state index contributed by atoms with van der Waals surface area (Å²) in [5, 5.41) is 8.98. The Labute approximate surface area is 120 Å². The van der Waals surface area contributed by atoms with Crippen LogP contribution in [0.4, 0.5) is 0 Å². The van der Waals surface area contributed by atoms with Crippen molar-refractivity contribution in [3.8, 4) is 5.75 Å². The lowest BCUT2D eigenvalue weighted by molar-refractivity contribution is 0.198. The Balaban J connectivity index is 2.33. The number of methoxy groups -OCH3 is 1. The zero-order valence-corrected chi connectivity index (χ0v) is 12.5. The lowest BCUT2D eigenvalue weighted by atomic mass is 9.93. The highest BCUT2D eigenvalue weighted by molar-refractivity contribution is 7.89. The summed E-state index contributed by atoms with van der Waals surface area (Å²) in [7, 11) is -2.11. The van der Waals surface area contributed by atoms with Crippen LogP contribution in [0.1, 0.15) is 25.7 Å². The summed E-state index contributed by atoms with van der Waals surface area (Å²) in [6.07, 6.45) is 3.28. The smallest absolute Gasteiger partial charge is 0.247 e. The maximum Gasteiger partial charge on any atom is 0.247 e. The maximum atomic E-state index is 12.8. The minimum atomic E-state index is -3.58. The molecule has 0 radical (unpaired) electrons. The highest BCUT2D eigenvalue weighted by atomic mass is 32.2. The summed E-state index contributed by atoms with van der Waals surface area (Å²) in [6.45, 7) is 0.339.